The molecule has 2 saturated carbocycles. The molecule has 0 spiro atoms. The zero-order chi connectivity index (χ0) is 17.0. The molecular weight excluding hydrogens is 288 g/mol. The van der Waals surface area contributed by atoms with E-state index < -0.39 is 6.10 Å². The molecule has 0 amide bonds. The van der Waals surface area contributed by atoms with Crippen molar-refractivity contribution in [3.63, 3.8) is 0 Å². The summed E-state index contributed by atoms with van der Waals surface area (Å²) in [5.41, 5.74) is 1.35. The number of aliphatic hydroxyl groups excluding tert-OH is 3. The van der Waals surface area contributed by atoms with E-state index in [9.17, 15) is 15.3 Å². The van der Waals surface area contributed by atoms with Gasteiger partial charge in [0.2, 0.25) is 0 Å². The molecule has 0 aromatic carbocycles. The first kappa shape index (κ1) is 17.4. The van der Waals surface area contributed by atoms with E-state index in [0.717, 1.165) is 38.5 Å². The highest BCUT2D eigenvalue weighted by molar-refractivity contribution is 5.26. The maximum atomic E-state index is 10.9. The number of hydrogen-bond donors (Lipinski definition) is 3. The Morgan fingerprint density at radius 1 is 1.13 bits per heavy atom. The van der Waals surface area contributed by atoms with E-state index in [-0.39, 0.29) is 23.5 Å². The monoisotopic (exact) mass is 322 g/mol. The van der Waals surface area contributed by atoms with Gasteiger partial charge in [0.15, 0.2) is 0 Å². The molecule has 0 aliphatic heterocycles. The van der Waals surface area contributed by atoms with E-state index in [1.807, 2.05) is 0 Å². The van der Waals surface area contributed by atoms with Gasteiger partial charge in [0.1, 0.15) is 0 Å². The summed E-state index contributed by atoms with van der Waals surface area (Å²) >= 11 is 0. The van der Waals surface area contributed by atoms with Gasteiger partial charge in [-0.1, -0.05) is 39.3 Å². The quantitative estimate of drug-likeness (QED) is 0.684. The molecule has 0 saturated heterocycles. The van der Waals surface area contributed by atoms with Crippen LogP contribution < -0.4 is 0 Å². The third-order valence-corrected chi connectivity index (χ3v) is 7.82. The van der Waals surface area contributed by atoms with Gasteiger partial charge in [-0.2, -0.15) is 0 Å². The largest absolute Gasteiger partial charge is 0.394 e. The molecule has 0 bridgehead atoms. The number of aliphatic hydroxyl groups is 3. The number of allylic oxidation sites excluding steroid dienone is 1. The van der Waals surface area contributed by atoms with Crippen LogP contribution in [-0.4, -0.2) is 34.1 Å². The Kier molecular flexibility index (Phi) is 4.23. The third kappa shape index (κ3) is 2.51. The molecular formula is C20H34O3. The lowest BCUT2D eigenvalue weighted by atomic mass is 9.44. The van der Waals surface area contributed by atoms with Crippen molar-refractivity contribution in [2.75, 3.05) is 6.61 Å². The summed E-state index contributed by atoms with van der Waals surface area (Å²) in [4.78, 5) is 0. The molecule has 0 heterocycles. The summed E-state index contributed by atoms with van der Waals surface area (Å²) in [5, 5.41) is 30.5. The van der Waals surface area contributed by atoms with E-state index in [2.05, 4.69) is 33.8 Å². The molecule has 3 nitrogen and oxygen atoms in total. The van der Waals surface area contributed by atoms with E-state index in [1.54, 1.807) is 0 Å². The Morgan fingerprint density at radius 3 is 2.48 bits per heavy atom. The zero-order valence-corrected chi connectivity index (χ0v) is 15.2. The second-order valence-corrected chi connectivity index (χ2v) is 9.52. The Balaban J connectivity index is 1.97. The van der Waals surface area contributed by atoms with Gasteiger partial charge < -0.3 is 15.3 Å². The molecule has 0 radical (unpaired) electrons. The van der Waals surface area contributed by atoms with Crippen molar-refractivity contribution in [1.29, 1.82) is 0 Å². The predicted octanol–water partition coefficient (Wildman–Crippen LogP) is 3.28. The first-order chi connectivity index (χ1) is 10.6. The topological polar surface area (TPSA) is 60.7 Å². The van der Waals surface area contributed by atoms with Crippen LogP contribution in [0.5, 0.6) is 0 Å². The maximum absolute atomic E-state index is 10.9. The summed E-state index contributed by atoms with van der Waals surface area (Å²) in [7, 11) is 0. The molecule has 0 unspecified atom stereocenters. The number of fused-ring (bicyclic) bond motifs is 3. The van der Waals surface area contributed by atoms with Gasteiger partial charge in [-0.05, 0) is 55.8 Å². The average Bonchev–Trinajstić information content (AvgIpc) is 2.50. The van der Waals surface area contributed by atoms with E-state index >= 15 is 0 Å². The first-order valence-corrected chi connectivity index (χ1v) is 9.34. The molecule has 3 aliphatic carbocycles. The lowest BCUT2D eigenvalue weighted by Crippen LogP contribution is -2.57. The van der Waals surface area contributed by atoms with Gasteiger partial charge in [0, 0.05) is 10.8 Å². The van der Waals surface area contributed by atoms with Crippen LogP contribution in [0.4, 0.5) is 0 Å². The number of hydrogen-bond acceptors (Lipinski definition) is 3. The highest BCUT2D eigenvalue weighted by Crippen LogP contribution is 2.63. The minimum Gasteiger partial charge on any atom is -0.394 e. The van der Waals surface area contributed by atoms with Gasteiger partial charge in [-0.3, -0.25) is 0 Å². The predicted molar refractivity (Wildman–Crippen MR) is 91.9 cm³/mol. The van der Waals surface area contributed by atoms with Crippen LogP contribution >= 0.6 is 0 Å². The smallest absolute Gasteiger partial charge is 0.0858 e. The van der Waals surface area contributed by atoms with Crippen molar-refractivity contribution in [3.05, 3.63) is 11.6 Å². The highest BCUT2D eigenvalue weighted by atomic mass is 16.3. The van der Waals surface area contributed by atoms with E-state index in [4.69, 9.17) is 0 Å². The van der Waals surface area contributed by atoms with Crippen LogP contribution in [0.15, 0.2) is 11.6 Å². The fourth-order valence-corrected chi connectivity index (χ4v) is 6.22. The SMILES string of the molecule is CC1(C)CC[C@H](O)[C@]2(C)[C@@H]3CC[C@](C)([C@@H](O)CO)C=C3CC[C@H]12. The first-order valence-electron chi connectivity index (χ1n) is 9.34. The molecule has 0 aromatic heterocycles. The second kappa shape index (κ2) is 5.57. The standard InChI is InChI=1S/C20H34O3/c1-18(2)9-8-16(22)20(4)14-7-10-19(3,17(23)12-21)11-13(14)5-6-15(18)20/h11,14-17,21-23H,5-10,12H2,1-4H3/t14-,15-,16+,17+,19+,20-/m1/s1. The molecule has 3 N–H and O–H groups in total. The van der Waals surface area contributed by atoms with Crippen molar-refractivity contribution in [1.82, 2.24) is 0 Å². The van der Waals surface area contributed by atoms with Gasteiger partial charge in [-0.15, -0.1) is 0 Å². The summed E-state index contributed by atoms with van der Waals surface area (Å²) in [6.07, 6.45) is 7.47. The molecule has 3 rings (SSSR count). The molecule has 2 fully saturated rings. The molecule has 23 heavy (non-hydrogen) atoms. The van der Waals surface area contributed by atoms with Crippen molar-refractivity contribution in [2.24, 2.45) is 28.1 Å². The lowest BCUT2D eigenvalue weighted by Gasteiger charge is -2.61. The van der Waals surface area contributed by atoms with Gasteiger partial charge in [0.05, 0.1) is 18.8 Å². The summed E-state index contributed by atoms with van der Waals surface area (Å²) in [5.74, 6) is 0.989. The minimum atomic E-state index is -0.686. The summed E-state index contributed by atoms with van der Waals surface area (Å²) in [6, 6.07) is 0. The maximum Gasteiger partial charge on any atom is 0.0858 e. The lowest BCUT2D eigenvalue weighted by molar-refractivity contribution is -0.143. The summed E-state index contributed by atoms with van der Waals surface area (Å²) in [6.45, 7) is 8.94. The fourth-order valence-electron chi connectivity index (χ4n) is 6.22. The van der Waals surface area contributed by atoms with Gasteiger partial charge >= 0.3 is 0 Å². The van der Waals surface area contributed by atoms with Crippen molar-refractivity contribution < 1.29 is 15.3 Å². The number of rotatable bonds is 2. The molecule has 6 atom stereocenters. The van der Waals surface area contributed by atoms with Crippen LogP contribution in [0.25, 0.3) is 0 Å². The summed E-state index contributed by atoms with van der Waals surface area (Å²) < 4.78 is 0. The van der Waals surface area contributed by atoms with Crippen LogP contribution in [-0.2, 0) is 0 Å². The normalized spacial score (nSPS) is 47.3. The fraction of sp³-hybridized carbons (Fsp3) is 0.900. The van der Waals surface area contributed by atoms with E-state index in [0.29, 0.717) is 17.3 Å². The van der Waals surface area contributed by atoms with Gasteiger partial charge in [-0.25, -0.2) is 0 Å². The van der Waals surface area contributed by atoms with Crippen LogP contribution in [0.3, 0.4) is 0 Å². The van der Waals surface area contributed by atoms with Crippen LogP contribution in [0, 0.1) is 28.1 Å². The molecule has 3 aliphatic rings. The second-order valence-electron chi connectivity index (χ2n) is 9.52. The molecule has 0 aromatic rings. The Labute approximate surface area is 140 Å². The molecule has 3 heteroatoms. The van der Waals surface area contributed by atoms with E-state index in [1.165, 1.54) is 5.57 Å². The van der Waals surface area contributed by atoms with Crippen molar-refractivity contribution in [3.8, 4) is 0 Å². The van der Waals surface area contributed by atoms with Crippen molar-refractivity contribution >= 4 is 0 Å². The van der Waals surface area contributed by atoms with Crippen molar-refractivity contribution in [2.45, 2.75) is 78.4 Å². The Morgan fingerprint density at radius 2 is 1.83 bits per heavy atom. The minimum absolute atomic E-state index is 0.0443. The van der Waals surface area contributed by atoms with Crippen LogP contribution in [0.1, 0.15) is 66.2 Å². The highest BCUT2D eigenvalue weighted by Gasteiger charge is 2.58. The third-order valence-electron chi connectivity index (χ3n) is 7.82. The van der Waals surface area contributed by atoms with Crippen LogP contribution in [0.2, 0.25) is 0 Å². The molecule has 132 valence electrons. The average molecular weight is 322 g/mol. The zero-order valence-electron chi connectivity index (χ0n) is 15.2. The Hall–Kier alpha value is -0.380. The Bertz CT molecular complexity index is 497. The van der Waals surface area contributed by atoms with Gasteiger partial charge in [0.25, 0.3) is 0 Å².